The van der Waals surface area contributed by atoms with Crippen LogP contribution in [0.5, 0.6) is 5.75 Å². The van der Waals surface area contributed by atoms with Crippen LogP contribution in [0.4, 0.5) is 0 Å². The Hall–Kier alpha value is -0.780. The Balaban J connectivity index is 0.00000324. The molecular weight excluding hydrogens is 332 g/mol. The van der Waals surface area contributed by atoms with Crippen molar-refractivity contribution in [3.05, 3.63) is 28.2 Å². The minimum absolute atomic E-state index is 0. The average Bonchev–Trinajstić information content (AvgIpc) is 2.37. The number of methoxy groups -OCH3 is 1. The summed E-state index contributed by atoms with van der Waals surface area (Å²) in [5.74, 6) is 0.884. The highest BCUT2D eigenvalue weighted by molar-refractivity contribution is 9.10. The molecule has 1 aromatic rings. The van der Waals surface area contributed by atoms with Gasteiger partial charge in [0.15, 0.2) is 0 Å². The SMILES string of the molecule is CNCCNC(=O)CCc1ccc(OC)c(Br)c1.Cl. The van der Waals surface area contributed by atoms with Crippen LogP contribution in [-0.4, -0.2) is 33.2 Å². The number of carbonyl (C=O) groups is 1. The number of aryl methyl sites for hydroxylation is 1. The predicted octanol–water partition coefficient (Wildman–Crippen LogP) is 2.15. The van der Waals surface area contributed by atoms with Gasteiger partial charge in [-0.05, 0) is 47.1 Å². The number of hydrogen-bond donors (Lipinski definition) is 2. The van der Waals surface area contributed by atoms with Gasteiger partial charge < -0.3 is 15.4 Å². The maximum absolute atomic E-state index is 11.5. The van der Waals surface area contributed by atoms with Crippen molar-refractivity contribution < 1.29 is 9.53 Å². The van der Waals surface area contributed by atoms with E-state index >= 15 is 0 Å². The van der Waals surface area contributed by atoms with Crippen molar-refractivity contribution in [2.24, 2.45) is 0 Å². The molecule has 0 fully saturated rings. The van der Waals surface area contributed by atoms with Gasteiger partial charge in [-0.2, -0.15) is 0 Å². The second-order valence-corrected chi connectivity index (χ2v) is 4.78. The molecule has 0 saturated carbocycles. The van der Waals surface area contributed by atoms with E-state index in [9.17, 15) is 4.79 Å². The first-order chi connectivity index (χ1) is 8.67. The van der Waals surface area contributed by atoms with Crippen LogP contribution in [0.2, 0.25) is 0 Å². The molecule has 4 nitrogen and oxygen atoms in total. The van der Waals surface area contributed by atoms with Gasteiger partial charge in [-0.1, -0.05) is 6.07 Å². The van der Waals surface area contributed by atoms with Crippen LogP contribution < -0.4 is 15.4 Å². The van der Waals surface area contributed by atoms with Crippen LogP contribution in [0.25, 0.3) is 0 Å². The van der Waals surface area contributed by atoms with Crippen LogP contribution >= 0.6 is 28.3 Å². The summed E-state index contributed by atoms with van der Waals surface area (Å²) in [6.45, 7) is 1.46. The maximum atomic E-state index is 11.5. The van der Waals surface area contributed by atoms with E-state index in [0.29, 0.717) is 13.0 Å². The zero-order chi connectivity index (χ0) is 13.4. The van der Waals surface area contributed by atoms with Crippen LogP contribution in [0.1, 0.15) is 12.0 Å². The summed E-state index contributed by atoms with van der Waals surface area (Å²) in [6.07, 6.45) is 1.23. The molecule has 1 aromatic carbocycles. The zero-order valence-corrected chi connectivity index (χ0v) is 13.6. The molecule has 0 aliphatic heterocycles. The molecule has 19 heavy (non-hydrogen) atoms. The molecule has 0 aliphatic carbocycles. The molecule has 0 heterocycles. The largest absolute Gasteiger partial charge is 0.496 e. The summed E-state index contributed by atoms with van der Waals surface area (Å²) in [4.78, 5) is 11.5. The van der Waals surface area contributed by atoms with E-state index in [4.69, 9.17) is 4.74 Å². The Bertz CT molecular complexity index is 402. The smallest absolute Gasteiger partial charge is 0.220 e. The van der Waals surface area contributed by atoms with Crippen LogP contribution in [0.15, 0.2) is 22.7 Å². The molecule has 0 spiro atoms. The third kappa shape index (κ3) is 6.80. The van der Waals surface area contributed by atoms with Gasteiger partial charge >= 0.3 is 0 Å². The normalized spacial score (nSPS) is 9.63. The number of hydrogen-bond acceptors (Lipinski definition) is 3. The summed E-state index contributed by atoms with van der Waals surface area (Å²) in [5.41, 5.74) is 1.12. The molecule has 0 radical (unpaired) electrons. The highest BCUT2D eigenvalue weighted by Crippen LogP contribution is 2.25. The molecule has 0 bridgehead atoms. The number of rotatable bonds is 7. The van der Waals surface area contributed by atoms with E-state index in [1.165, 1.54) is 0 Å². The fourth-order valence-electron chi connectivity index (χ4n) is 1.54. The van der Waals surface area contributed by atoms with Gasteiger partial charge in [0.1, 0.15) is 5.75 Å². The number of carbonyl (C=O) groups excluding carboxylic acids is 1. The fraction of sp³-hybridized carbons (Fsp3) is 0.462. The molecule has 1 rings (SSSR count). The molecule has 1 amide bonds. The number of nitrogens with one attached hydrogen (secondary N) is 2. The summed E-state index contributed by atoms with van der Waals surface area (Å²) < 4.78 is 6.07. The van der Waals surface area contributed by atoms with Crippen molar-refractivity contribution in [2.75, 3.05) is 27.2 Å². The summed E-state index contributed by atoms with van der Waals surface area (Å²) in [5, 5.41) is 5.84. The molecule has 0 aliphatic rings. The van der Waals surface area contributed by atoms with Crippen molar-refractivity contribution in [3.63, 3.8) is 0 Å². The molecule has 6 heteroatoms. The minimum atomic E-state index is 0. The molecule has 108 valence electrons. The molecule has 0 atom stereocenters. The third-order valence-electron chi connectivity index (χ3n) is 2.55. The van der Waals surface area contributed by atoms with E-state index in [1.807, 2.05) is 25.2 Å². The first-order valence-corrected chi connectivity index (χ1v) is 6.70. The molecule has 0 saturated heterocycles. The van der Waals surface area contributed by atoms with Crippen LogP contribution in [0, 0.1) is 0 Å². The number of benzene rings is 1. The van der Waals surface area contributed by atoms with Gasteiger partial charge in [0, 0.05) is 19.5 Å². The van der Waals surface area contributed by atoms with Crippen LogP contribution in [0.3, 0.4) is 0 Å². The van der Waals surface area contributed by atoms with Gasteiger partial charge in [-0.3, -0.25) is 4.79 Å². The van der Waals surface area contributed by atoms with E-state index in [0.717, 1.165) is 28.8 Å². The lowest BCUT2D eigenvalue weighted by atomic mass is 10.1. The van der Waals surface area contributed by atoms with E-state index in [2.05, 4.69) is 26.6 Å². The number of halogens is 2. The third-order valence-corrected chi connectivity index (χ3v) is 3.17. The Morgan fingerprint density at radius 3 is 2.68 bits per heavy atom. The zero-order valence-electron chi connectivity index (χ0n) is 11.2. The second-order valence-electron chi connectivity index (χ2n) is 3.92. The Morgan fingerprint density at radius 1 is 1.37 bits per heavy atom. The highest BCUT2D eigenvalue weighted by Gasteiger charge is 2.04. The van der Waals surface area contributed by atoms with E-state index < -0.39 is 0 Å². The lowest BCUT2D eigenvalue weighted by Gasteiger charge is -2.07. The van der Waals surface area contributed by atoms with Gasteiger partial charge in [0.2, 0.25) is 5.91 Å². The Morgan fingerprint density at radius 2 is 2.11 bits per heavy atom. The summed E-state index contributed by atoms with van der Waals surface area (Å²) in [6, 6.07) is 5.86. The van der Waals surface area contributed by atoms with Crippen LogP contribution in [-0.2, 0) is 11.2 Å². The van der Waals surface area contributed by atoms with E-state index in [-0.39, 0.29) is 18.3 Å². The predicted molar refractivity (Wildman–Crippen MR) is 83.2 cm³/mol. The topological polar surface area (TPSA) is 50.4 Å². The first kappa shape index (κ1) is 18.2. The standard InChI is InChI=1S/C13H19BrN2O2.ClH/c1-15-7-8-16-13(17)6-4-10-3-5-12(18-2)11(14)9-10;/h3,5,9,15H,4,6-8H2,1-2H3,(H,16,17);1H. The lowest BCUT2D eigenvalue weighted by molar-refractivity contribution is -0.121. The number of amides is 1. The average molecular weight is 352 g/mol. The number of likely N-dealkylation sites (N-methyl/N-ethyl adjacent to an activating group) is 1. The molecular formula is C13H20BrClN2O2. The maximum Gasteiger partial charge on any atom is 0.220 e. The Labute approximate surface area is 128 Å². The quantitative estimate of drug-likeness (QED) is 0.740. The monoisotopic (exact) mass is 350 g/mol. The van der Waals surface area contributed by atoms with Gasteiger partial charge in [-0.15, -0.1) is 12.4 Å². The van der Waals surface area contributed by atoms with Gasteiger partial charge in [-0.25, -0.2) is 0 Å². The lowest BCUT2D eigenvalue weighted by Crippen LogP contribution is -2.30. The molecule has 0 unspecified atom stereocenters. The molecule has 0 aromatic heterocycles. The van der Waals surface area contributed by atoms with Crippen molar-refractivity contribution in [2.45, 2.75) is 12.8 Å². The van der Waals surface area contributed by atoms with Crippen molar-refractivity contribution in [3.8, 4) is 5.75 Å². The first-order valence-electron chi connectivity index (χ1n) is 5.91. The highest BCUT2D eigenvalue weighted by atomic mass is 79.9. The van der Waals surface area contributed by atoms with Crippen molar-refractivity contribution >= 4 is 34.2 Å². The van der Waals surface area contributed by atoms with E-state index in [1.54, 1.807) is 7.11 Å². The van der Waals surface area contributed by atoms with Gasteiger partial charge in [0.25, 0.3) is 0 Å². The summed E-state index contributed by atoms with van der Waals surface area (Å²) >= 11 is 3.43. The molecule has 2 N–H and O–H groups in total. The minimum Gasteiger partial charge on any atom is -0.496 e. The van der Waals surface area contributed by atoms with Gasteiger partial charge in [0.05, 0.1) is 11.6 Å². The van der Waals surface area contributed by atoms with Crippen molar-refractivity contribution in [1.82, 2.24) is 10.6 Å². The number of ether oxygens (including phenoxy) is 1. The fourth-order valence-corrected chi connectivity index (χ4v) is 2.13. The Kier molecular flexibility index (Phi) is 9.65. The summed E-state index contributed by atoms with van der Waals surface area (Å²) in [7, 11) is 3.50. The van der Waals surface area contributed by atoms with Crippen molar-refractivity contribution in [1.29, 1.82) is 0 Å². The second kappa shape index (κ2) is 10.1.